The largest absolute Gasteiger partial charge is 0.373 e. The average Bonchev–Trinajstić information content (AvgIpc) is 2.16. The van der Waals surface area contributed by atoms with Gasteiger partial charge in [0.05, 0.1) is 0 Å². The number of halogens is 2. The summed E-state index contributed by atoms with van der Waals surface area (Å²) in [6.45, 7) is 5.42. The maximum absolute atomic E-state index is 5.86. The fourth-order valence-electron chi connectivity index (χ4n) is 1.01. The summed E-state index contributed by atoms with van der Waals surface area (Å²) in [6, 6.07) is 0. The van der Waals surface area contributed by atoms with Gasteiger partial charge in [0.1, 0.15) is 11.0 Å². The normalized spacial score (nSPS) is 19.9. The van der Waals surface area contributed by atoms with Crippen LogP contribution in [0.2, 0.25) is 0 Å². The molecule has 0 atom stereocenters. The van der Waals surface area contributed by atoms with Crippen LogP contribution in [0.5, 0.6) is 0 Å². The maximum atomic E-state index is 5.86. The number of nitrogens with one attached hydrogen (secondary N) is 1. The van der Waals surface area contributed by atoms with Crippen LogP contribution < -0.4 is 5.32 Å². The molecule has 0 saturated carbocycles. The minimum Gasteiger partial charge on any atom is -0.373 e. The Balaban J connectivity index is 3.19. The first-order valence-electron chi connectivity index (χ1n) is 3.87. The van der Waals surface area contributed by atoms with Crippen molar-refractivity contribution >= 4 is 46.1 Å². The first kappa shape index (κ1) is 11.5. The minimum absolute atomic E-state index is 0.431. The molecule has 0 bridgehead atoms. The van der Waals surface area contributed by atoms with Gasteiger partial charge >= 0.3 is 0 Å². The second-order valence-corrected chi connectivity index (χ2v) is 4.53. The lowest BCUT2D eigenvalue weighted by atomic mass is 10.4. The van der Waals surface area contributed by atoms with Gasteiger partial charge in [-0.15, -0.1) is 0 Å². The quantitative estimate of drug-likeness (QED) is 0.625. The molecule has 1 aliphatic heterocycles. The molecule has 76 valence electrons. The van der Waals surface area contributed by atoms with Gasteiger partial charge in [0.15, 0.2) is 5.82 Å². The van der Waals surface area contributed by atoms with E-state index < -0.39 is 0 Å². The molecular weight excluding hydrogens is 314 g/mol. The minimum atomic E-state index is 0.431. The number of hydrazone groups is 1. The highest BCUT2D eigenvalue weighted by atomic mass is 127. The van der Waals surface area contributed by atoms with Gasteiger partial charge in [-0.1, -0.05) is 11.6 Å². The predicted molar refractivity (Wildman–Crippen MR) is 68.5 cm³/mol. The van der Waals surface area contributed by atoms with Crippen molar-refractivity contribution in [3.05, 3.63) is 21.3 Å². The number of hydrogen-bond acceptors (Lipinski definition) is 4. The number of rotatable bonds is 2. The average molecular weight is 325 g/mol. The lowest BCUT2D eigenvalue weighted by molar-refractivity contribution is 0.421. The van der Waals surface area contributed by atoms with Gasteiger partial charge in [0, 0.05) is 23.4 Å². The summed E-state index contributed by atoms with van der Waals surface area (Å²) in [6.07, 6.45) is 1.69. The molecule has 0 unspecified atom stereocenters. The predicted octanol–water partition coefficient (Wildman–Crippen LogP) is 2.24. The van der Waals surface area contributed by atoms with Gasteiger partial charge in [-0.25, -0.2) is 4.99 Å². The maximum Gasteiger partial charge on any atom is 0.166 e. The molecule has 1 N–H and O–H groups in total. The molecule has 0 amide bonds. The molecule has 1 heterocycles. The van der Waals surface area contributed by atoms with Crippen molar-refractivity contribution in [2.24, 2.45) is 10.1 Å². The van der Waals surface area contributed by atoms with Crippen molar-refractivity contribution in [3.8, 4) is 0 Å². The molecule has 1 aliphatic rings. The van der Waals surface area contributed by atoms with E-state index in [1.165, 1.54) is 0 Å². The third kappa shape index (κ3) is 2.27. The Hall–Kier alpha value is -0.560. The molecule has 0 radical (unpaired) electrons. The fourth-order valence-corrected chi connectivity index (χ4v) is 1.55. The van der Waals surface area contributed by atoms with Crippen molar-refractivity contribution in [2.45, 2.75) is 6.92 Å². The van der Waals surface area contributed by atoms with Crippen molar-refractivity contribution in [1.29, 1.82) is 0 Å². The van der Waals surface area contributed by atoms with E-state index in [2.05, 4.69) is 44.7 Å². The lowest BCUT2D eigenvalue weighted by Crippen LogP contribution is -2.28. The van der Waals surface area contributed by atoms with E-state index >= 15 is 0 Å². The zero-order valence-corrected chi connectivity index (χ0v) is 10.8. The van der Waals surface area contributed by atoms with Crippen LogP contribution in [0.25, 0.3) is 0 Å². The van der Waals surface area contributed by atoms with Crippen LogP contribution in [-0.2, 0) is 0 Å². The lowest BCUT2D eigenvalue weighted by Gasteiger charge is -2.24. The van der Waals surface area contributed by atoms with Crippen LogP contribution >= 0.6 is 34.2 Å². The number of aliphatic imine (C=N–C) groups is 1. The van der Waals surface area contributed by atoms with Gasteiger partial charge in [-0.2, -0.15) is 10.1 Å². The Bertz CT molecular complexity index is 341. The first-order valence-corrected chi connectivity index (χ1v) is 5.32. The van der Waals surface area contributed by atoms with E-state index in [-0.39, 0.29) is 0 Å². The molecule has 6 heteroatoms. The van der Waals surface area contributed by atoms with Crippen LogP contribution in [0.15, 0.2) is 31.4 Å². The van der Waals surface area contributed by atoms with Crippen molar-refractivity contribution < 1.29 is 0 Å². The Morgan fingerprint density at radius 3 is 2.86 bits per heavy atom. The molecule has 0 fully saturated rings. The van der Waals surface area contributed by atoms with E-state index in [9.17, 15) is 0 Å². The summed E-state index contributed by atoms with van der Waals surface area (Å²) in [7, 11) is 1.79. The summed E-state index contributed by atoms with van der Waals surface area (Å²) >= 11 is 8.02. The number of allylic oxidation sites excluding steroid dienone is 2. The molecule has 0 spiro atoms. The monoisotopic (exact) mass is 324 g/mol. The van der Waals surface area contributed by atoms with Crippen molar-refractivity contribution in [3.63, 3.8) is 0 Å². The van der Waals surface area contributed by atoms with E-state index in [1.807, 2.05) is 6.92 Å². The van der Waals surface area contributed by atoms with Crippen LogP contribution in [0, 0.1) is 0 Å². The molecular formula is C8H10ClIN4. The second kappa shape index (κ2) is 4.79. The van der Waals surface area contributed by atoms with Crippen LogP contribution in [0.3, 0.4) is 0 Å². The number of nitrogens with zero attached hydrogens (tertiary/aromatic N) is 3. The van der Waals surface area contributed by atoms with Crippen LogP contribution in [0.4, 0.5) is 0 Å². The van der Waals surface area contributed by atoms with Crippen LogP contribution in [-0.4, -0.2) is 23.9 Å². The standard InChI is InChI=1S/C8H10ClIN4/c1-5(10)8-13-6(9)4-7(11-2)14(8)12-3/h4,11H,3H2,1-2H3/b8-5+. The molecule has 14 heavy (non-hydrogen) atoms. The smallest absolute Gasteiger partial charge is 0.166 e. The number of hydrogen-bond donors (Lipinski definition) is 1. The van der Waals surface area contributed by atoms with Gasteiger partial charge in [0.2, 0.25) is 0 Å². The Kier molecular flexibility index (Phi) is 3.94. The second-order valence-electron chi connectivity index (χ2n) is 2.52. The van der Waals surface area contributed by atoms with E-state index in [4.69, 9.17) is 11.6 Å². The highest BCUT2D eigenvalue weighted by Gasteiger charge is 2.18. The van der Waals surface area contributed by atoms with E-state index in [1.54, 1.807) is 18.1 Å². The summed E-state index contributed by atoms with van der Waals surface area (Å²) in [4.78, 5) is 4.16. The van der Waals surface area contributed by atoms with E-state index in [0.29, 0.717) is 11.0 Å². The highest BCUT2D eigenvalue weighted by molar-refractivity contribution is 14.1. The fraction of sp³-hybridized carbons (Fsp3) is 0.250. The first-order chi connectivity index (χ1) is 6.60. The molecule has 1 rings (SSSR count). The summed E-state index contributed by atoms with van der Waals surface area (Å²) in [5.74, 6) is 1.45. The van der Waals surface area contributed by atoms with Gasteiger partial charge in [0.25, 0.3) is 0 Å². The topological polar surface area (TPSA) is 40.0 Å². The highest BCUT2D eigenvalue weighted by Crippen LogP contribution is 2.25. The molecule has 0 aromatic heterocycles. The zero-order chi connectivity index (χ0) is 10.7. The van der Waals surface area contributed by atoms with Gasteiger partial charge in [-0.3, -0.25) is 0 Å². The Morgan fingerprint density at radius 1 is 1.79 bits per heavy atom. The summed E-state index contributed by atoms with van der Waals surface area (Å²) < 4.78 is 0.994. The molecule has 0 aromatic rings. The molecule has 0 saturated heterocycles. The molecule has 0 aromatic carbocycles. The van der Waals surface area contributed by atoms with Gasteiger partial charge < -0.3 is 5.32 Å². The zero-order valence-electron chi connectivity index (χ0n) is 7.88. The SMILES string of the molecule is C=NN1C(NC)=CC(Cl)=N/C1=C(/C)I. The van der Waals surface area contributed by atoms with E-state index in [0.717, 1.165) is 9.40 Å². The third-order valence-corrected chi connectivity index (χ3v) is 2.28. The summed E-state index contributed by atoms with van der Waals surface area (Å²) in [5, 5.41) is 8.87. The Labute approximate surface area is 102 Å². The van der Waals surface area contributed by atoms with Crippen molar-refractivity contribution in [1.82, 2.24) is 10.3 Å². The molecule has 4 nitrogen and oxygen atoms in total. The van der Waals surface area contributed by atoms with Gasteiger partial charge in [-0.05, 0) is 29.5 Å². The Morgan fingerprint density at radius 2 is 2.43 bits per heavy atom. The van der Waals surface area contributed by atoms with Crippen LogP contribution in [0.1, 0.15) is 6.92 Å². The summed E-state index contributed by atoms with van der Waals surface area (Å²) in [5.41, 5.74) is 0. The molecule has 0 aliphatic carbocycles. The third-order valence-electron chi connectivity index (χ3n) is 1.60. The van der Waals surface area contributed by atoms with Crippen molar-refractivity contribution in [2.75, 3.05) is 7.05 Å².